The Balaban J connectivity index is 2.27. The van der Waals surface area contributed by atoms with E-state index < -0.39 is 0 Å². The van der Waals surface area contributed by atoms with E-state index in [-0.39, 0.29) is 0 Å². The standard InChI is InChI=1S/C7H8N6O/c14-13-2-1-8-6-5-7(10-3-9-5)12-4-11-6/h2-4,14H,1H2,(H2,8,9,10,11,12). The first-order valence-electron chi connectivity index (χ1n) is 3.95. The van der Waals surface area contributed by atoms with Crippen molar-refractivity contribution in [1.29, 1.82) is 0 Å². The minimum atomic E-state index is 0.391. The highest BCUT2D eigenvalue weighted by Crippen LogP contribution is 2.13. The molecule has 0 fully saturated rings. The monoisotopic (exact) mass is 192 g/mol. The van der Waals surface area contributed by atoms with Crippen LogP contribution in [0.5, 0.6) is 0 Å². The molecular formula is C7H8N6O. The number of fused-ring (bicyclic) bond motifs is 1. The smallest absolute Gasteiger partial charge is 0.182 e. The Morgan fingerprint density at radius 1 is 1.50 bits per heavy atom. The third-order valence-electron chi connectivity index (χ3n) is 1.67. The second-order valence-corrected chi connectivity index (χ2v) is 2.50. The average Bonchev–Trinajstić information content (AvgIpc) is 2.67. The van der Waals surface area contributed by atoms with E-state index >= 15 is 0 Å². The third kappa shape index (κ3) is 1.47. The first-order valence-corrected chi connectivity index (χ1v) is 3.95. The molecule has 2 rings (SSSR count). The summed E-state index contributed by atoms with van der Waals surface area (Å²) in [5, 5.41) is 14.0. The summed E-state index contributed by atoms with van der Waals surface area (Å²) >= 11 is 0. The van der Waals surface area contributed by atoms with Crippen molar-refractivity contribution in [2.24, 2.45) is 5.16 Å². The molecule has 7 nitrogen and oxygen atoms in total. The Hall–Kier alpha value is -2.18. The van der Waals surface area contributed by atoms with Gasteiger partial charge in [-0.3, -0.25) is 0 Å². The van der Waals surface area contributed by atoms with Crippen LogP contribution in [0, 0.1) is 0 Å². The molecule has 2 aromatic heterocycles. The van der Waals surface area contributed by atoms with Gasteiger partial charge in [0.2, 0.25) is 0 Å². The largest absolute Gasteiger partial charge is 0.411 e. The van der Waals surface area contributed by atoms with Gasteiger partial charge in [0.05, 0.1) is 19.1 Å². The lowest BCUT2D eigenvalue weighted by Gasteiger charge is -2.00. The number of hydrogen-bond donors (Lipinski definition) is 3. The lowest BCUT2D eigenvalue weighted by molar-refractivity contribution is 0.321. The van der Waals surface area contributed by atoms with Crippen LogP contribution in [0.25, 0.3) is 11.2 Å². The highest BCUT2D eigenvalue weighted by molar-refractivity contribution is 5.83. The van der Waals surface area contributed by atoms with Gasteiger partial charge < -0.3 is 15.5 Å². The van der Waals surface area contributed by atoms with E-state index in [1.807, 2.05) is 0 Å². The number of H-pyrrole nitrogens is 1. The van der Waals surface area contributed by atoms with Crippen LogP contribution >= 0.6 is 0 Å². The molecule has 0 unspecified atom stereocenters. The van der Waals surface area contributed by atoms with Crippen LogP contribution < -0.4 is 5.32 Å². The molecule has 7 heteroatoms. The van der Waals surface area contributed by atoms with Gasteiger partial charge in [-0.25, -0.2) is 15.0 Å². The van der Waals surface area contributed by atoms with Crippen LogP contribution in [0.15, 0.2) is 17.8 Å². The molecule has 72 valence electrons. The van der Waals surface area contributed by atoms with E-state index in [0.717, 1.165) is 5.52 Å². The molecule has 0 saturated carbocycles. The van der Waals surface area contributed by atoms with Crippen LogP contribution in [0.1, 0.15) is 0 Å². The summed E-state index contributed by atoms with van der Waals surface area (Å²) in [6.45, 7) is 0.391. The molecule has 0 aliphatic heterocycles. The zero-order valence-corrected chi connectivity index (χ0v) is 7.18. The first-order chi connectivity index (χ1) is 6.92. The summed E-state index contributed by atoms with van der Waals surface area (Å²) < 4.78 is 0. The van der Waals surface area contributed by atoms with Gasteiger partial charge in [-0.05, 0) is 0 Å². The fourth-order valence-electron chi connectivity index (χ4n) is 1.08. The van der Waals surface area contributed by atoms with Gasteiger partial charge in [0.25, 0.3) is 0 Å². The molecule has 0 atom stereocenters. The van der Waals surface area contributed by atoms with Crippen LogP contribution in [-0.4, -0.2) is 37.9 Å². The Morgan fingerprint density at radius 3 is 3.29 bits per heavy atom. The highest BCUT2D eigenvalue weighted by atomic mass is 16.4. The number of aromatic nitrogens is 4. The molecule has 2 heterocycles. The molecule has 0 amide bonds. The van der Waals surface area contributed by atoms with Crippen molar-refractivity contribution in [3.63, 3.8) is 0 Å². The maximum absolute atomic E-state index is 8.19. The number of rotatable bonds is 3. The predicted molar refractivity (Wildman–Crippen MR) is 50.5 cm³/mol. The van der Waals surface area contributed by atoms with Crippen LogP contribution in [0.3, 0.4) is 0 Å². The number of hydrogen-bond acceptors (Lipinski definition) is 6. The molecule has 0 spiro atoms. The Kier molecular flexibility index (Phi) is 2.22. The zero-order chi connectivity index (χ0) is 9.80. The van der Waals surface area contributed by atoms with Crippen molar-refractivity contribution >= 4 is 23.2 Å². The van der Waals surface area contributed by atoms with E-state index in [0.29, 0.717) is 18.0 Å². The Morgan fingerprint density at radius 2 is 2.43 bits per heavy atom. The lowest BCUT2D eigenvalue weighted by Crippen LogP contribution is -2.05. The Bertz CT molecular complexity index is 450. The van der Waals surface area contributed by atoms with E-state index in [1.54, 1.807) is 6.33 Å². The van der Waals surface area contributed by atoms with Gasteiger partial charge in [0.15, 0.2) is 11.5 Å². The summed E-state index contributed by atoms with van der Waals surface area (Å²) in [6, 6.07) is 0. The number of anilines is 1. The molecule has 3 N–H and O–H groups in total. The molecular weight excluding hydrogens is 184 g/mol. The van der Waals surface area contributed by atoms with E-state index in [4.69, 9.17) is 5.21 Å². The fraction of sp³-hybridized carbons (Fsp3) is 0.143. The predicted octanol–water partition coefficient (Wildman–Crippen LogP) is 0.225. The molecule has 14 heavy (non-hydrogen) atoms. The molecule has 0 aliphatic carbocycles. The summed E-state index contributed by atoms with van der Waals surface area (Å²) in [6.07, 6.45) is 4.29. The number of aromatic amines is 1. The summed E-state index contributed by atoms with van der Waals surface area (Å²) in [4.78, 5) is 14.9. The second kappa shape index (κ2) is 3.69. The third-order valence-corrected chi connectivity index (χ3v) is 1.67. The van der Waals surface area contributed by atoms with Gasteiger partial charge in [-0.1, -0.05) is 0 Å². The minimum Gasteiger partial charge on any atom is -0.411 e. The summed E-state index contributed by atoms with van der Waals surface area (Å²) in [7, 11) is 0. The molecule has 0 bridgehead atoms. The first kappa shape index (κ1) is 8.42. The van der Waals surface area contributed by atoms with Gasteiger partial charge in [0, 0.05) is 0 Å². The normalized spacial score (nSPS) is 11.1. The number of imidazole rings is 1. The number of oxime groups is 1. The number of nitrogens with zero attached hydrogens (tertiary/aromatic N) is 4. The lowest BCUT2D eigenvalue weighted by atomic mass is 10.5. The maximum atomic E-state index is 8.19. The van der Waals surface area contributed by atoms with Crippen LogP contribution in [-0.2, 0) is 0 Å². The quantitative estimate of drug-likeness (QED) is 0.367. The number of nitrogens with one attached hydrogen (secondary N) is 2. The second-order valence-electron chi connectivity index (χ2n) is 2.50. The molecule has 0 radical (unpaired) electrons. The summed E-state index contributed by atoms with van der Waals surface area (Å²) in [5.74, 6) is 0.632. The fourth-order valence-corrected chi connectivity index (χ4v) is 1.08. The van der Waals surface area contributed by atoms with E-state index in [2.05, 4.69) is 30.4 Å². The van der Waals surface area contributed by atoms with E-state index in [9.17, 15) is 0 Å². The zero-order valence-electron chi connectivity index (χ0n) is 7.18. The Labute approximate surface area is 78.9 Å². The average molecular weight is 192 g/mol. The van der Waals surface area contributed by atoms with E-state index in [1.165, 1.54) is 12.5 Å². The van der Waals surface area contributed by atoms with Crippen molar-refractivity contribution < 1.29 is 5.21 Å². The van der Waals surface area contributed by atoms with Crippen molar-refractivity contribution in [2.75, 3.05) is 11.9 Å². The van der Waals surface area contributed by atoms with Crippen molar-refractivity contribution in [1.82, 2.24) is 19.9 Å². The van der Waals surface area contributed by atoms with Crippen LogP contribution in [0.2, 0.25) is 0 Å². The SMILES string of the molecule is ON=CCNc1ncnc2nc[nH]c12. The minimum absolute atomic E-state index is 0.391. The summed E-state index contributed by atoms with van der Waals surface area (Å²) in [5.41, 5.74) is 1.34. The van der Waals surface area contributed by atoms with Crippen molar-refractivity contribution in [3.05, 3.63) is 12.7 Å². The molecule has 2 aromatic rings. The maximum Gasteiger partial charge on any atom is 0.182 e. The van der Waals surface area contributed by atoms with Crippen molar-refractivity contribution in [3.8, 4) is 0 Å². The molecule has 0 aliphatic rings. The van der Waals surface area contributed by atoms with Crippen molar-refractivity contribution in [2.45, 2.75) is 0 Å². The van der Waals surface area contributed by atoms with Gasteiger partial charge >= 0.3 is 0 Å². The molecule has 0 saturated heterocycles. The van der Waals surface area contributed by atoms with Gasteiger partial charge in [-0.2, -0.15) is 0 Å². The van der Waals surface area contributed by atoms with Gasteiger partial charge in [-0.15, -0.1) is 5.16 Å². The van der Waals surface area contributed by atoms with Crippen LogP contribution in [0.4, 0.5) is 5.82 Å². The highest BCUT2D eigenvalue weighted by Gasteiger charge is 2.03. The van der Waals surface area contributed by atoms with Gasteiger partial charge in [0.1, 0.15) is 11.8 Å². The topological polar surface area (TPSA) is 99.1 Å². The molecule has 0 aromatic carbocycles.